The van der Waals surface area contributed by atoms with Gasteiger partial charge in [-0.1, -0.05) is 13.8 Å². The molecule has 0 aromatic rings. The Balaban J connectivity index is 2.34. The predicted molar refractivity (Wildman–Crippen MR) is 46.5 cm³/mol. The van der Waals surface area contributed by atoms with E-state index in [2.05, 4.69) is 25.8 Å². The SMILES string of the molecule is CC(C)C[C@@H]1C[C@H](O)CN1C. The number of β-amino-alcohol motifs (C(OH)–C–C–N with tert-alkyl or cyclic N) is 1. The van der Waals surface area contributed by atoms with Crippen LogP contribution in [0.4, 0.5) is 0 Å². The van der Waals surface area contributed by atoms with Crippen LogP contribution >= 0.6 is 0 Å². The van der Waals surface area contributed by atoms with Crippen molar-refractivity contribution in [3.8, 4) is 0 Å². The molecule has 0 saturated carbocycles. The van der Waals surface area contributed by atoms with Crippen LogP contribution < -0.4 is 0 Å². The fourth-order valence-corrected chi connectivity index (χ4v) is 1.87. The smallest absolute Gasteiger partial charge is 0.0682 e. The first kappa shape index (κ1) is 9.01. The third kappa shape index (κ3) is 2.46. The van der Waals surface area contributed by atoms with Crippen molar-refractivity contribution in [2.75, 3.05) is 13.6 Å². The van der Waals surface area contributed by atoms with E-state index in [1.54, 1.807) is 0 Å². The van der Waals surface area contributed by atoms with Gasteiger partial charge in [-0.15, -0.1) is 0 Å². The molecular formula is C9H19NO. The summed E-state index contributed by atoms with van der Waals surface area (Å²) in [6, 6.07) is 0.616. The Morgan fingerprint density at radius 2 is 2.18 bits per heavy atom. The van der Waals surface area contributed by atoms with Crippen molar-refractivity contribution < 1.29 is 5.11 Å². The van der Waals surface area contributed by atoms with Crippen LogP contribution in [-0.2, 0) is 0 Å². The summed E-state index contributed by atoms with van der Waals surface area (Å²) in [7, 11) is 2.10. The lowest BCUT2D eigenvalue weighted by molar-refractivity contribution is 0.182. The van der Waals surface area contributed by atoms with Gasteiger partial charge in [0.2, 0.25) is 0 Å². The number of rotatable bonds is 2. The summed E-state index contributed by atoms with van der Waals surface area (Å²) in [6.45, 7) is 5.33. The van der Waals surface area contributed by atoms with Gasteiger partial charge in [0.05, 0.1) is 6.10 Å². The summed E-state index contributed by atoms with van der Waals surface area (Å²) in [4.78, 5) is 2.27. The van der Waals surface area contributed by atoms with Crippen molar-refractivity contribution in [3.63, 3.8) is 0 Å². The Morgan fingerprint density at radius 1 is 1.55 bits per heavy atom. The summed E-state index contributed by atoms with van der Waals surface area (Å²) in [6.07, 6.45) is 2.10. The fourth-order valence-electron chi connectivity index (χ4n) is 1.87. The van der Waals surface area contributed by atoms with Gasteiger partial charge in [-0.05, 0) is 25.8 Å². The Hall–Kier alpha value is -0.0800. The number of likely N-dealkylation sites (N-methyl/N-ethyl adjacent to an activating group) is 1. The third-order valence-electron chi connectivity index (χ3n) is 2.41. The first-order valence-corrected chi connectivity index (χ1v) is 4.48. The maximum atomic E-state index is 9.34. The minimum absolute atomic E-state index is 0.0799. The Kier molecular flexibility index (Phi) is 2.90. The fraction of sp³-hybridized carbons (Fsp3) is 1.00. The van der Waals surface area contributed by atoms with Crippen molar-refractivity contribution in [2.45, 2.75) is 38.8 Å². The zero-order valence-electron chi connectivity index (χ0n) is 7.75. The summed E-state index contributed by atoms with van der Waals surface area (Å²) >= 11 is 0. The first-order valence-electron chi connectivity index (χ1n) is 4.48. The number of aliphatic hydroxyl groups is 1. The van der Waals surface area contributed by atoms with Crippen molar-refractivity contribution in [2.24, 2.45) is 5.92 Å². The second-order valence-corrected chi connectivity index (χ2v) is 4.11. The highest BCUT2D eigenvalue weighted by molar-refractivity contribution is 4.83. The zero-order chi connectivity index (χ0) is 8.43. The molecule has 0 unspecified atom stereocenters. The topological polar surface area (TPSA) is 23.5 Å². The van der Waals surface area contributed by atoms with Gasteiger partial charge in [0, 0.05) is 12.6 Å². The molecule has 1 fully saturated rings. The molecule has 1 saturated heterocycles. The summed E-state index contributed by atoms with van der Waals surface area (Å²) < 4.78 is 0. The van der Waals surface area contributed by atoms with E-state index in [9.17, 15) is 5.11 Å². The number of aliphatic hydroxyl groups excluding tert-OH is 1. The highest BCUT2D eigenvalue weighted by atomic mass is 16.3. The van der Waals surface area contributed by atoms with E-state index >= 15 is 0 Å². The lowest BCUT2D eigenvalue weighted by Crippen LogP contribution is -2.26. The molecule has 1 N–H and O–H groups in total. The quantitative estimate of drug-likeness (QED) is 0.649. The molecule has 0 radical (unpaired) electrons. The third-order valence-corrected chi connectivity index (χ3v) is 2.41. The van der Waals surface area contributed by atoms with Crippen molar-refractivity contribution in [1.29, 1.82) is 0 Å². The lowest BCUT2D eigenvalue weighted by Gasteiger charge is -2.20. The molecule has 11 heavy (non-hydrogen) atoms. The molecule has 1 heterocycles. The number of hydrogen-bond donors (Lipinski definition) is 1. The van der Waals surface area contributed by atoms with Gasteiger partial charge in [-0.3, -0.25) is 0 Å². The van der Waals surface area contributed by atoms with Gasteiger partial charge in [0.15, 0.2) is 0 Å². The van der Waals surface area contributed by atoms with Gasteiger partial charge in [0.25, 0.3) is 0 Å². The molecule has 2 atom stereocenters. The van der Waals surface area contributed by atoms with E-state index < -0.39 is 0 Å². The minimum Gasteiger partial charge on any atom is -0.392 e. The highest BCUT2D eigenvalue weighted by Gasteiger charge is 2.27. The first-order chi connectivity index (χ1) is 5.09. The van der Waals surface area contributed by atoms with E-state index in [0.29, 0.717) is 6.04 Å². The van der Waals surface area contributed by atoms with Crippen LogP contribution in [0.25, 0.3) is 0 Å². The second-order valence-electron chi connectivity index (χ2n) is 4.11. The Labute approximate surface area is 69.2 Å². The molecule has 0 bridgehead atoms. The second kappa shape index (κ2) is 3.55. The summed E-state index contributed by atoms with van der Waals surface area (Å²) in [5, 5.41) is 9.34. The van der Waals surface area contributed by atoms with Gasteiger partial charge in [-0.25, -0.2) is 0 Å². The standard InChI is InChI=1S/C9H19NO/c1-7(2)4-8-5-9(11)6-10(8)3/h7-9,11H,4-6H2,1-3H3/t8-,9+/m1/s1. The van der Waals surface area contributed by atoms with E-state index in [4.69, 9.17) is 0 Å². The molecular weight excluding hydrogens is 138 g/mol. The molecule has 0 aromatic carbocycles. The average molecular weight is 157 g/mol. The number of likely N-dealkylation sites (tertiary alicyclic amines) is 1. The lowest BCUT2D eigenvalue weighted by atomic mass is 10.0. The zero-order valence-corrected chi connectivity index (χ0v) is 7.75. The van der Waals surface area contributed by atoms with Crippen LogP contribution in [-0.4, -0.2) is 35.7 Å². The van der Waals surface area contributed by atoms with Gasteiger partial charge < -0.3 is 10.0 Å². The van der Waals surface area contributed by atoms with E-state index in [-0.39, 0.29) is 6.10 Å². The molecule has 1 rings (SSSR count). The highest BCUT2D eigenvalue weighted by Crippen LogP contribution is 2.21. The maximum Gasteiger partial charge on any atom is 0.0682 e. The molecule has 2 nitrogen and oxygen atoms in total. The minimum atomic E-state index is -0.0799. The van der Waals surface area contributed by atoms with Crippen LogP contribution in [0.1, 0.15) is 26.7 Å². The molecule has 66 valence electrons. The molecule has 0 aliphatic carbocycles. The van der Waals surface area contributed by atoms with Crippen LogP contribution in [0, 0.1) is 5.92 Å². The van der Waals surface area contributed by atoms with Crippen LogP contribution in [0.2, 0.25) is 0 Å². The predicted octanol–water partition coefficient (Wildman–Crippen LogP) is 1.10. The van der Waals surface area contributed by atoms with Crippen molar-refractivity contribution >= 4 is 0 Å². The molecule has 0 spiro atoms. The molecule has 1 aliphatic heterocycles. The van der Waals surface area contributed by atoms with Crippen LogP contribution in [0.3, 0.4) is 0 Å². The summed E-state index contributed by atoms with van der Waals surface area (Å²) in [5.74, 6) is 0.743. The largest absolute Gasteiger partial charge is 0.392 e. The monoisotopic (exact) mass is 157 g/mol. The Bertz CT molecular complexity index is 125. The number of hydrogen-bond acceptors (Lipinski definition) is 2. The van der Waals surface area contributed by atoms with Gasteiger partial charge >= 0.3 is 0 Å². The average Bonchev–Trinajstić information content (AvgIpc) is 2.09. The molecule has 0 aromatic heterocycles. The van der Waals surface area contributed by atoms with Crippen molar-refractivity contribution in [1.82, 2.24) is 4.90 Å². The van der Waals surface area contributed by atoms with E-state index in [1.807, 2.05) is 0 Å². The van der Waals surface area contributed by atoms with E-state index in [0.717, 1.165) is 18.9 Å². The molecule has 0 amide bonds. The molecule has 2 heteroatoms. The number of nitrogens with zero attached hydrogens (tertiary/aromatic N) is 1. The van der Waals surface area contributed by atoms with Crippen LogP contribution in [0.15, 0.2) is 0 Å². The van der Waals surface area contributed by atoms with Gasteiger partial charge in [0.1, 0.15) is 0 Å². The van der Waals surface area contributed by atoms with Crippen molar-refractivity contribution in [3.05, 3.63) is 0 Å². The molecule has 1 aliphatic rings. The van der Waals surface area contributed by atoms with Gasteiger partial charge in [-0.2, -0.15) is 0 Å². The summed E-state index contributed by atoms with van der Waals surface area (Å²) in [5.41, 5.74) is 0. The normalized spacial score (nSPS) is 33.5. The maximum absolute atomic E-state index is 9.34. The van der Waals surface area contributed by atoms with E-state index in [1.165, 1.54) is 6.42 Å². The van der Waals surface area contributed by atoms with Crippen LogP contribution in [0.5, 0.6) is 0 Å². The Morgan fingerprint density at radius 3 is 2.55 bits per heavy atom.